The van der Waals surface area contributed by atoms with Crippen LogP contribution in [0.5, 0.6) is 0 Å². The summed E-state index contributed by atoms with van der Waals surface area (Å²) in [6.07, 6.45) is 0.671. The number of hydrogen-bond donors (Lipinski definition) is 1. The van der Waals surface area contributed by atoms with Crippen molar-refractivity contribution in [2.45, 2.75) is 26.3 Å². The molecule has 0 saturated carbocycles. The quantitative estimate of drug-likeness (QED) is 0.848. The molecule has 1 unspecified atom stereocenters. The van der Waals surface area contributed by atoms with E-state index < -0.39 is 17.7 Å². The highest BCUT2D eigenvalue weighted by Gasteiger charge is 2.24. The minimum Gasteiger partial charge on any atom is -0.337 e. The Kier molecular flexibility index (Phi) is 6.46. The molecule has 7 heteroatoms. The molecule has 1 aliphatic heterocycles. The Bertz CT molecular complexity index is 903. The molecule has 1 aliphatic rings. The van der Waals surface area contributed by atoms with E-state index in [0.29, 0.717) is 43.7 Å². The monoisotopic (exact) mass is 401 g/mol. The molecule has 5 nitrogen and oxygen atoms in total. The molecule has 0 radical (unpaired) electrons. The van der Waals surface area contributed by atoms with E-state index in [2.05, 4.69) is 5.32 Å². The number of nitrogens with one attached hydrogen (secondary N) is 1. The van der Waals surface area contributed by atoms with E-state index in [-0.39, 0.29) is 11.9 Å². The number of nitrogens with zero attached hydrogens (tertiary/aromatic N) is 2. The molecular formula is C22H25F2N3O2. The summed E-state index contributed by atoms with van der Waals surface area (Å²) in [5, 5.41) is 2.82. The predicted molar refractivity (Wildman–Crippen MR) is 107 cm³/mol. The average Bonchev–Trinajstić information content (AvgIpc) is 2.95. The zero-order chi connectivity index (χ0) is 21.0. The number of urea groups is 1. The fourth-order valence-corrected chi connectivity index (χ4v) is 3.43. The van der Waals surface area contributed by atoms with Gasteiger partial charge >= 0.3 is 6.03 Å². The Labute approximate surface area is 169 Å². The van der Waals surface area contributed by atoms with E-state index in [4.69, 9.17) is 0 Å². The maximum absolute atomic E-state index is 13.4. The first-order valence-corrected chi connectivity index (χ1v) is 9.71. The molecule has 154 valence electrons. The van der Waals surface area contributed by atoms with Gasteiger partial charge in [-0.25, -0.2) is 13.6 Å². The lowest BCUT2D eigenvalue weighted by molar-refractivity contribution is 0.0762. The largest absolute Gasteiger partial charge is 0.337 e. The zero-order valence-electron chi connectivity index (χ0n) is 16.6. The van der Waals surface area contributed by atoms with Gasteiger partial charge in [-0.05, 0) is 50.1 Å². The van der Waals surface area contributed by atoms with E-state index >= 15 is 0 Å². The van der Waals surface area contributed by atoms with E-state index in [1.54, 1.807) is 22.8 Å². The first-order valence-electron chi connectivity index (χ1n) is 9.71. The van der Waals surface area contributed by atoms with Crippen LogP contribution in [0, 0.1) is 18.6 Å². The van der Waals surface area contributed by atoms with E-state index in [1.165, 1.54) is 6.07 Å². The highest BCUT2D eigenvalue weighted by molar-refractivity contribution is 5.94. The minimum absolute atomic E-state index is 0.0360. The van der Waals surface area contributed by atoms with Crippen LogP contribution in [0.2, 0.25) is 0 Å². The van der Waals surface area contributed by atoms with Crippen LogP contribution in [-0.2, 0) is 0 Å². The maximum Gasteiger partial charge on any atom is 0.317 e. The van der Waals surface area contributed by atoms with Gasteiger partial charge in [-0.3, -0.25) is 4.79 Å². The van der Waals surface area contributed by atoms with E-state index in [0.717, 1.165) is 17.7 Å². The van der Waals surface area contributed by atoms with Gasteiger partial charge in [0, 0.05) is 31.7 Å². The molecule has 0 bridgehead atoms. The fraction of sp³-hybridized carbons (Fsp3) is 0.364. The third-order valence-electron chi connectivity index (χ3n) is 5.12. The molecule has 1 saturated heterocycles. The van der Waals surface area contributed by atoms with Gasteiger partial charge < -0.3 is 15.1 Å². The molecule has 29 heavy (non-hydrogen) atoms. The second-order valence-corrected chi connectivity index (χ2v) is 7.35. The smallest absolute Gasteiger partial charge is 0.317 e. The molecule has 3 rings (SSSR count). The summed E-state index contributed by atoms with van der Waals surface area (Å²) in [7, 11) is 0. The van der Waals surface area contributed by atoms with Crippen LogP contribution in [0.25, 0.3) is 0 Å². The molecule has 2 aromatic rings. The van der Waals surface area contributed by atoms with Crippen molar-refractivity contribution in [1.29, 1.82) is 0 Å². The van der Waals surface area contributed by atoms with Gasteiger partial charge in [0.15, 0.2) is 11.6 Å². The Morgan fingerprint density at radius 2 is 1.69 bits per heavy atom. The molecule has 0 aromatic heterocycles. The van der Waals surface area contributed by atoms with Crippen LogP contribution in [0.1, 0.15) is 40.9 Å². The van der Waals surface area contributed by atoms with Crippen LogP contribution in [0.3, 0.4) is 0 Å². The molecule has 2 aromatic carbocycles. The van der Waals surface area contributed by atoms with Crippen molar-refractivity contribution in [3.63, 3.8) is 0 Å². The first kappa shape index (κ1) is 20.8. The van der Waals surface area contributed by atoms with Crippen molar-refractivity contribution in [2.24, 2.45) is 0 Å². The van der Waals surface area contributed by atoms with Crippen LogP contribution >= 0.6 is 0 Å². The number of halogens is 2. The summed E-state index contributed by atoms with van der Waals surface area (Å²) in [5.74, 6) is -1.90. The number of aryl methyl sites for hydroxylation is 1. The van der Waals surface area contributed by atoms with E-state index in [9.17, 15) is 18.4 Å². The second-order valence-electron chi connectivity index (χ2n) is 7.35. The number of hydrogen-bond acceptors (Lipinski definition) is 2. The number of rotatable bonds is 3. The highest BCUT2D eigenvalue weighted by Crippen LogP contribution is 2.17. The van der Waals surface area contributed by atoms with Gasteiger partial charge in [0.2, 0.25) is 0 Å². The summed E-state index contributed by atoms with van der Waals surface area (Å²) in [6, 6.07) is 10.3. The summed E-state index contributed by atoms with van der Waals surface area (Å²) in [4.78, 5) is 28.8. The van der Waals surface area contributed by atoms with Crippen LogP contribution < -0.4 is 5.32 Å². The number of amides is 3. The number of benzene rings is 2. The van der Waals surface area contributed by atoms with E-state index in [1.807, 2.05) is 25.1 Å². The summed E-state index contributed by atoms with van der Waals surface area (Å²) in [6.45, 7) is 5.62. The lowest BCUT2D eigenvalue weighted by Crippen LogP contribution is -2.43. The lowest BCUT2D eigenvalue weighted by atomic mass is 10.1. The fourth-order valence-electron chi connectivity index (χ4n) is 3.43. The third-order valence-corrected chi connectivity index (χ3v) is 5.12. The Morgan fingerprint density at radius 3 is 2.41 bits per heavy atom. The first-order chi connectivity index (χ1) is 13.8. The van der Waals surface area contributed by atoms with Crippen LogP contribution in [0.4, 0.5) is 13.6 Å². The summed E-state index contributed by atoms with van der Waals surface area (Å²) >= 11 is 0. The van der Waals surface area contributed by atoms with Gasteiger partial charge in [-0.15, -0.1) is 0 Å². The van der Waals surface area contributed by atoms with Crippen molar-refractivity contribution < 1.29 is 18.4 Å². The maximum atomic E-state index is 13.4. The van der Waals surface area contributed by atoms with Gasteiger partial charge in [0.25, 0.3) is 5.91 Å². The number of carbonyl (C=O) groups excluding carboxylic acids is 2. The molecule has 0 aliphatic carbocycles. The zero-order valence-corrected chi connectivity index (χ0v) is 16.6. The molecular weight excluding hydrogens is 376 g/mol. The second kappa shape index (κ2) is 9.03. The lowest BCUT2D eigenvalue weighted by Gasteiger charge is -2.24. The summed E-state index contributed by atoms with van der Waals surface area (Å²) < 4.78 is 26.5. The Morgan fingerprint density at radius 1 is 0.966 bits per heavy atom. The van der Waals surface area contributed by atoms with Crippen molar-refractivity contribution in [1.82, 2.24) is 15.1 Å². The van der Waals surface area contributed by atoms with Gasteiger partial charge in [-0.2, -0.15) is 0 Å². The molecule has 1 atom stereocenters. The Hall–Kier alpha value is -2.96. The minimum atomic E-state index is -0.941. The predicted octanol–water partition coefficient (Wildman–Crippen LogP) is 3.89. The third kappa shape index (κ3) is 5.10. The van der Waals surface area contributed by atoms with Crippen molar-refractivity contribution in [3.05, 3.63) is 70.8 Å². The van der Waals surface area contributed by atoms with Gasteiger partial charge in [0.1, 0.15) is 0 Å². The molecule has 1 N–H and O–H groups in total. The standard InChI is InChI=1S/C22H25F2N3O2/c1-15-5-3-6-18(13-15)21(28)26-9-4-10-27(12-11-26)22(29)25-16(2)17-7-8-19(23)20(24)14-17/h3,5-8,13-14,16H,4,9-12H2,1-2H3,(H,25,29). The molecule has 0 spiro atoms. The van der Waals surface area contributed by atoms with Crippen LogP contribution in [0.15, 0.2) is 42.5 Å². The van der Waals surface area contributed by atoms with Crippen molar-refractivity contribution >= 4 is 11.9 Å². The Balaban J connectivity index is 1.59. The highest BCUT2D eigenvalue weighted by atomic mass is 19.2. The summed E-state index contributed by atoms with van der Waals surface area (Å²) in [5.41, 5.74) is 2.16. The molecule has 3 amide bonds. The van der Waals surface area contributed by atoms with Crippen molar-refractivity contribution in [2.75, 3.05) is 26.2 Å². The van der Waals surface area contributed by atoms with Gasteiger partial charge in [0.05, 0.1) is 6.04 Å². The normalized spacial score (nSPS) is 15.6. The van der Waals surface area contributed by atoms with Crippen molar-refractivity contribution in [3.8, 4) is 0 Å². The topological polar surface area (TPSA) is 52.7 Å². The molecule has 1 fully saturated rings. The average molecular weight is 401 g/mol. The van der Waals surface area contributed by atoms with Gasteiger partial charge in [-0.1, -0.05) is 23.8 Å². The van der Waals surface area contributed by atoms with Crippen LogP contribution in [-0.4, -0.2) is 47.9 Å². The number of carbonyl (C=O) groups is 2. The SMILES string of the molecule is Cc1cccc(C(=O)N2CCCN(C(=O)NC(C)c3ccc(F)c(F)c3)CC2)c1. The molecule has 1 heterocycles.